The lowest BCUT2D eigenvalue weighted by Gasteiger charge is -2.40. The molecule has 1 atom stereocenters. The molecule has 0 spiro atoms. The Morgan fingerprint density at radius 3 is 2.40 bits per heavy atom. The van der Waals surface area contributed by atoms with E-state index in [2.05, 4.69) is 48.1 Å². The zero-order valence-electron chi connectivity index (χ0n) is 18.0. The number of hydrogen-bond acceptors (Lipinski definition) is 5. The fourth-order valence-corrected chi connectivity index (χ4v) is 5.10. The van der Waals surface area contributed by atoms with Gasteiger partial charge in [-0.2, -0.15) is 4.98 Å². The molecule has 4 rings (SSSR count). The molecule has 1 aliphatic carbocycles. The maximum Gasteiger partial charge on any atom is 0.303 e. The van der Waals surface area contributed by atoms with Gasteiger partial charge in [0.2, 0.25) is 5.88 Å². The van der Waals surface area contributed by atoms with E-state index in [1.807, 2.05) is 6.92 Å². The van der Waals surface area contributed by atoms with Crippen LogP contribution in [0.2, 0.25) is 0 Å². The summed E-state index contributed by atoms with van der Waals surface area (Å²) >= 11 is 0. The van der Waals surface area contributed by atoms with Crippen LogP contribution in [-0.4, -0.2) is 26.6 Å². The van der Waals surface area contributed by atoms with Crippen molar-refractivity contribution in [2.45, 2.75) is 76.7 Å². The number of nitrogens with two attached hydrogens (primary N) is 1. The zero-order chi connectivity index (χ0) is 21.5. The molecule has 1 aliphatic heterocycles. The number of hydrogen-bond donors (Lipinski definition) is 2. The van der Waals surface area contributed by atoms with Crippen molar-refractivity contribution in [3.8, 4) is 5.88 Å². The van der Waals surface area contributed by atoms with E-state index in [0.29, 0.717) is 35.8 Å². The number of aryl methyl sites for hydroxylation is 1. The van der Waals surface area contributed by atoms with Crippen LogP contribution in [0.3, 0.4) is 0 Å². The minimum absolute atomic E-state index is 0.166. The number of aromatic nitrogens is 2. The molecule has 0 radical (unpaired) electrons. The van der Waals surface area contributed by atoms with Gasteiger partial charge in [-0.25, -0.2) is 4.98 Å². The first-order valence-corrected chi connectivity index (χ1v) is 10.9. The van der Waals surface area contributed by atoms with E-state index in [1.165, 1.54) is 11.1 Å². The molecule has 2 heterocycles. The summed E-state index contributed by atoms with van der Waals surface area (Å²) in [5.74, 6) is 2.08. The Labute approximate surface area is 177 Å². The largest absolute Gasteiger partial charge is 0.481 e. The molecule has 160 valence electrons. The van der Waals surface area contributed by atoms with Crippen LogP contribution < -0.4 is 10.5 Å². The van der Waals surface area contributed by atoms with Gasteiger partial charge in [0.05, 0.1) is 5.56 Å². The first-order chi connectivity index (χ1) is 14.2. The van der Waals surface area contributed by atoms with Crippen LogP contribution in [0.15, 0.2) is 24.3 Å². The lowest BCUT2D eigenvalue weighted by molar-refractivity contribution is -0.138. The first-order valence-electron chi connectivity index (χ1n) is 10.9. The molecule has 6 heteroatoms. The van der Waals surface area contributed by atoms with Crippen LogP contribution in [0, 0.1) is 12.8 Å². The molecule has 30 heavy (non-hydrogen) atoms. The van der Waals surface area contributed by atoms with E-state index in [-0.39, 0.29) is 5.92 Å². The van der Waals surface area contributed by atoms with Gasteiger partial charge < -0.3 is 15.6 Å². The van der Waals surface area contributed by atoms with E-state index >= 15 is 0 Å². The number of nitrogen functional groups attached to an aromatic ring is 1. The second-order valence-corrected chi connectivity index (χ2v) is 9.38. The summed E-state index contributed by atoms with van der Waals surface area (Å²) in [7, 11) is 0. The molecule has 0 saturated heterocycles. The van der Waals surface area contributed by atoms with Crippen molar-refractivity contribution in [1.82, 2.24) is 9.97 Å². The molecule has 1 aromatic carbocycles. The van der Waals surface area contributed by atoms with Crippen LogP contribution in [0.1, 0.15) is 80.3 Å². The van der Waals surface area contributed by atoms with Crippen molar-refractivity contribution in [3.63, 3.8) is 0 Å². The van der Waals surface area contributed by atoms with Gasteiger partial charge in [-0.3, -0.25) is 4.79 Å². The van der Waals surface area contributed by atoms with Crippen molar-refractivity contribution < 1.29 is 14.6 Å². The third-order valence-corrected chi connectivity index (χ3v) is 6.84. The lowest BCUT2D eigenvalue weighted by Crippen LogP contribution is -2.41. The number of carboxylic acids is 1. The Morgan fingerprint density at radius 1 is 1.13 bits per heavy atom. The third-order valence-electron chi connectivity index (χ3n) is 6.84. The molecule has 1 saturated carbocycles. The van der Waals surface area contributed by atoms with Gasteiger partial charge in [-0.1, -0.05) is 24.3 Å². The third kappa shape index (κ3) is 4.13. The van der Waals surface area contributed by atoms with E-state index in [0.717, 1.165) is 37.7 Å². The molecule has 2 aromatic rings. The topological polar surface area (TPSA) is 98.3 Å². The van der Waals surface area contributed by atoms with E-state index in [1.54, 1.807) is 0 Å². The second-order valence-electron chi connectivity index (χ2n) is 9.38. The molecule has 1 aromatic heterocycles. The summed E-state index contributed by atoms with van der Waals surface area (Å²) in [4.78, 5) is 19.7. The maximum absolute atomic E-state index is 10.9. The van der Waals surface area contributed by atoms with E-state index < -0.39 is 11.6 Å². The normalized spacial score (nSPS) is 25.2. The van der Waals surface area contributed by atoms with Gasteiger partial charge in [-0.05, 0) is 75.8 Å². The predicted molar refractivity (Wildman–Crippen MR) is 116 cm³/mol. The second kappa shape index (κ2) is 7.89. The summed E-state index contributed by atoms with van der Waals surface area (Å²) in [5.41, 5.74) is 9.25. The van der Waals surface area contributed by atoms with Crippen molar-refractivity contribution >= 4 is 11.8 Å². The SMILES string of the molecule is Cc1nc(N)c2c(n1)OC(C)(C)C(c1ccc(C3CCC(CC(=O)O)CC3)cc1)C2. The highest BCUT2D eigenvalue weighted by molar-refractivity contribution is 5.67. The Kier molecular flexibility index (Phi) is 5.43. The monoisotopic (exact) mass is 409 g/mol. The Morgan fingerprint density at radius 2 is 1.77 bits per heavy atom. The lowest BCUT2D eigenvalue weighted by atomic mass is 9.75. The highest BCUT2D eigenvalue weighted by Gasteiger charge is 2.40. The quantitative estimate of drug-likeness (QED) is 0.765. The van der Waals surface area contributed by atoms with Gasteiger partial charge in [0.25, 0.3) is 0 Å². The van der Waals surface area contributed by atoms with E-state index in [4.69, 9.17) is 15.6 Å². The summed E-state index contributed by atoms with van der Waals surface area (Å²) in [6.07, 6.45) is 5.19. The predicted octanol–water partition coefficient (Wildman–Crippen LogP) is 4.61. The number of rotatable bonds is 4. The van der Waals surface area contributed by atoms with E-state index in [9.17, 15) is 4.79 Å². The molecule has 3 N–H and O–H groups in total. The highest BCUT2D eigenvalue weighted by atomic mass is 16.5. The minimum Gasteiger partial charge on any atom is -0.481 e. The summed E-state index contributed by atoms with van der Waals surface area (Å²) in [5, 5.41) is 9.01. The van der Waals surface area contributed by atoms with Crippen molar-refractivity contribution in [2.24, 2.45) is 5.92 Å². The van der Waals surface area contributed by atoms with Crippen LogP contribution in [-0.2, 0) is 11.2 Å². The average molecular weight is 410 g/mol. The van der Waals surface area contributed by atoms with Gasteiger partial charge in [0, 0.05) is 12.3 Å². The molecule has 0 amide bonds. The smallest absolute Gasteiger partial charge is 0.303 e. The fourth-order valence-electron chi connectivity index (χ4n) is 5.10. The van der Waals surface area contributed by atoms with Gasteiger partial charge in [-0.15, -0.1) is 0 Å². The van der Waals surface area contributed by atoms with Crippen LogP contribution >= 0.6 is 0 Å². The van der Waals surface area contributed by atoms with Gasteiger partial charge in [0.15, 0.2) is 0 Å². The number of fused-ring (bicyclic) bond motifs is 1. The van der Waals surface area contributed by atoms with Crippen LogP contribution in [0.5, 0.6) is 5.88 Å². The Hall–Kier alpha value is -2.63. The Balaban J connectivity index is 1.49. The van der Waals surface area contributed by atoms with Gasteiger partial charge in [0.1, 0.15) is 17.2 Å². The molecule has 1 fully saturated rings. The standard InChI is InChI=1S/C24H31N3O3/c1-14-26-22(25)19-13-20(24(2,3)30-23(19)27-14)18-10-8-17(9-11-18)16-6-4-15(5-7-16)12-21(28)29/h8-11,15-16,20H,4-7,12-13H2,1-3H3,(H,28,29)(H2,25,26,27). The maximum atomic E-state index is 10.9. The molecular formula is C24H31N3O3. The van der Waals surface area contributed by atoms with Crippen LogP contribution in [0.4, 0.5) is 5.82 Å². The first kappa shape index (κ1) is 20.6. The summed E-state index contributed by atoms with van der Waals surface area (Å²) in [6, 6.07) is 8.89. The molecular weight excluding hydrogens is 378 g/mol. The van der Waals surface area contributed by atoms with Gasteiger partial charge >= 0.3 is 5.97 Å². The molecule has 0 bridgehead atoms. The van der Waals surface area contributed by atoms with Crippen molar-refractivity contribution in [1.29, 1.82) is 0 Å². The number of nitrogens with zero attached hydrogens (tertiary/aromatic N) is 2. The number of benzene rings is 1. The minimum atomic E-state index is -0.678. The number of ether oxygens (including phenoxy) is 1. The molecule has 6 nitrogen and oxygen atoms in total. The Bertz CT molecular complexity index is 931. The van der Waals surface area contributed by atoms with Crippen molar-refractivity contribution in [2.75, 3.05) is 5.73 Å². The summed E-state index contributed by atoms with van der Waals surface area (Å²) in [6.45, 7) is 6.03. The fraction of sp³-hybridized carbons (Fsp3) is 0.542. The van der Waals surface area contributed by atoms with Crippen molar-refractivity contribution in [3.05, 3.63) is 46.8 Å². The number of anilines is 1. The van der Waals surface area contributed by atoms with Crippen LogP contribution in [0.25, 0.3) is 0 Å². The average Bonchev–Trinajstić information content (AvgIpc) is 2.67. The number of aliphatic carboxylic acids is 1. The summed E-state index contributed by atoms with van der Waals surface area (Å²) < 4.78 is 6.26. The number of carbonyl (C=O) groups is 1. The molecule has 1 unspecified atom stereocenters. The highest BCUT2D eigenvalue weighted by Crippen LogP contribution is 2.44. The number of carboxylic acid groups (broad SMARTS) is 1. The zero-order valence-corrected chi connectivity index (χ0v) is 18.0. The molecule has 2 aliphatic rings.